The molecule has 8 nitrogen and oxygen atoms in total. The SMILES string of the molecule is O=C(CSc1nc2c(cnn2C2CC2)c(=O)[nH]1)Cc1nnc(Cl)s1. The van der Waals surface area contributed by atoms with Gasteiger partial charge in [0.15, 0.2) is 10.8 Å². The summed E-state index contributed by atoms with van der Waals surface area (Å²) in [6.45, 7) is 0. The lowest BCUT2D eigenvalue weighted by Crippen LogP contribution is -2.12. The minimum Gasteiger partial charge on any atom is -0.301 e. The maximum atomic E-state index is 12.1. The molecule has 3 heterocycles. The van der Waals surface area contributed by atoms with Crippen LogP contribution in [0.25, 0.3) is 11.0 Å². The fourth-order valence-electron chi connectivity index (χ4n) is 2.24. The Kier molecular flexibility index (Phi) is 4.10. The minimum absolute atomic E-state index is 0.0359. The van der Waals surface area contributed by atoms with Gasteiger partial charge in [-0.2, -0.15) is 5.10 Å². The van der Waals surface area contributed by atoms with Crippen LogP contribution < -0.4 is 5.56 Å². The molecule has 24 heavy (non-hydrogen) atoms. The molecule has 0 aliphatic heterocycles. The molecule has 1 fully saturated rings. The minimum atomic E-state index is -0.238. The van der Waals surface area contributed by atoms with Crippen LogP contribution in [-0.4, -0.2) is 41.5 Å². The lowest BCUT2D eigenvalue weighted by Gasteiger charge is -2.02. The molecule has 0 spiro atoms. The van der Waals surface area contributed by atoms with Gasteiger partial charge in [0.1, 0.15) is 16.2 Å². The number of nitrogens with one attached hydrogen (secondary N) is 1. The third-order valence-corrected chi connectivity index (χ3v) is 5.45. The summed E-state index contributed by atoms with van der Waals surface area (Å²) >= 11 is 8.07. The molecule has 124 valence electrons. The van der Waals surface area contributed by atoms with Crippen LogP contribution in [0.4, 0.5) is 0 Å². The van der Waals surface area contributed by atoms with Gasteiger partial charge in [-0.1, -0.05) is 23.1 Å². The molecule has 1 aliphatic carbocycles. The molecule has 1 saturated carbocycles. The Morgan fingerprint density at radius 1 is 1.46 bits per heavy atom. The van der Waals surface area contributed by atoms with Gasteiger partial charge < -0.3 is 4.98 Å². The number of H-pyrrole nitrogens is 1. The number of thioether (sulfide) groups is 1. The van der Waals surface area contributed by atoms with Crippen LogP contribution >= 0.6 is 34.7 Å². The number of hydrogen-bond acceptors (Lipinski definition) is 8. The van der Waals surface area contributed by atoms with E-state index in [0.29, 0.717) is 31.7 Å². The standard InChI is InChI=1S/C13H11ClN6O2S2/c14-12-19-18-9(24-12)3-7(21)5-23-13-16-10-8(11(22)17-13)4-15-20(10)6-1-2-6/h4,6H,1-3,5H2,(H,16,17,22). The van der Waals surface area contributed by atoms with E-state index in [9.17, 15) is 9.59 Å². The smallest absolute Gasteiger partial charge is 0.262 e. The van der Waals surface area contributed by atoms with Crippen molar-refractivity contribution in [3.8, 4) is 0 Å². The van der Waals surface area contributed by atoms with Gasteiger partial charge >= 0.3 is 0 Å². The van der Waals surface area contributed by atoms with Gasteiger partial charge in [0.05, 0.1) is 24.4 Å². The van der Waals surface area contributed by atoms with E-state index in [1.165, 1.54) is 29.3 Å². The monoisotopic (exact) mass is 382 g/mol. The average Bonchev–Trinajstić information content (AvgIpc) is 3.17. The van der Waals surface area contributed by atoms with Gasteiger partial charge in [0.2, 0.25) is 4.47 Å². The van der Waals surface area contributed by atoms with Gasteiger partial charge in [-0.3, -0.25) is 9.59 Å². The van der Waals surface area contributed by atoms with E-state index >= 15 is 0 Å². The van der Waals surface area contributed by atoms with Crippen LogP contribution in [0.5, 0.6) is 0 Å². The number of rotatable bonds is 6. The molecule has 0 aromatic carbocycles. The third kappa shape index (κ3) is 3.21. The summed E-state index contributed by atoms with van der Waals surface area (Å²) < 4.78 is 2.11. The summed E-state index contributed by atoms with van der Waals surface area (Å²) in [6.07, 6.45) is 3.81. The van der Waals surface area contributed by atoms with Crippen molar-refractivity contribution in [3.63, 3.8) is 0 Å². The molecule has 0 amide bonds. The predicted octanol–water partition coefficient (Wildman–Crippen LogP) is 1.86. The Balaban J connectivity index is 1.49. The zero-order valence-corrected chi connectivity index (χ0v) is 14.6. The van der Waals surface area contributed by atoms with Crippen LogP contribution in [0.2, 0.25) is 4.47 Å². The summed E-state index contributed by atoms with van der Waals surface area (Å²) in [7, 11) is 0. The highest BCUT2D eigenvalue weighted by Crippen LogP contribution is 2.35. The number of carbonyl (C=O) groups is 1. The van der Waals surface area contributed by atoms with E-state index in [0.717, 1.165) is 12.8 Å². The van der Waals surface area contributed by atoms with E-state index in [2.05, 4.69) is 25.3 Å². The largest absolute Gasteiger partial charge is 0.301 e. The average molecular weight is 383 g/mol. The number of ketones is 1. The Bertz CT molecular complexity index is 976. The molecule has 3 aromatic heterocycles. The molecule has 0 radical (unpaired) electrons. The van der Waals surface area contributed by atoms with Crippen molar-refractivity contribution in [2.75, 3.05) is 5.75 Å². The van der Waals surface area contributed by atoms with E-state index in [-0.39, 0.29) is 23.5 Å². The first-order valence-corrected chi connectivity index (χ1v) is 9.38. The van der Waals surface area contributed by atoms with Crippen molar-refractivity contribution in [1.29, 1.82) is 0 Å². The quantitative estimate of drug-likeness (QED) is 0.512. The summed E-state index contributed by atoms with van der Waals surface area (Å²) in [4.78, 5) is 31.3. The maximum absolute atomic E-state index is 12.1. The number of aromatic amines is 1. The fourth-order valence-corrected chi connectivity index (χ4v) is 3.86. The summed E-state index contributed by atoms with van der Waals surface area (Å²) in [5, 5.41) is 13.2. The van der Waals surface area contributed by atoms with Crippen molar-refractivity contribution < 1.29 is 4.79 Å². The third-order valence-electron chi connectivity index (χ3n) is 3.49. The Morgan fingerprint density at radius 2 is 2.29 bits per heavy atom. The van der Waals surface area contributed by atoms with Crippen LogP contribution in [0, 0.1) is 0 Å². The highest BCUT2D eigenvalue weighted by Gasteiger charge is 2.27. The van der Waals surface area contributed by atoms with Crippen LogP contribution in [0.15, 0.2) is 16.1 Å². The van der Waals surface area contributed by atoms with Crippen LogP contribution in [0.3, 0.4) is 0 Å². The zero-order valence-electron chi connectivity index (χ0n) is 12.2. The van der Waals surface area contributed by atoms with E-state index in [4.69, 9.17) is 11.6 Å². The number of fused-ring (bicyclic) bond motifs is 1. The van der Waals surface area contributed by atoms with Crippen molar-refractivity contribution in [2.24, 2.45) is 0 Å². The maximum Gasteiger partial charge on any atom is 0.262 e. The zero-order chi connectivity index (χ0) is 16.7. The highest BCUT2D eigenvalue weighted by atomic mass is 35.5. The van der Waals surface area contributed by atoms with Gasteiger partial charge in [0.25, 0.3) is 5.56 Å². The Labute approximate surface area is 148 Å². The normalized spacial score (nSPS) is 14.4. The van der Waals surface area contributed by atoms with E-state index < -0.39 is 0 Å². The molecule has 11 heteroatoms. The topological polar surface area (TPSA) is 106 Å². The van der Waals surface area contributed by atoms with E-state index in [1.54, 1.807) is 4.68 Å². The van der Waals surface area contributed by atoms with Gasteiger partial charge in [0, 0.05) is 0 Å². The highest BCUT2D eigenvalue weighted by molar-refractivity contribution is 7.99. The summed E-state index contributed by atoms with van der Waals surface area (Å²) in [5.41, 5.74) is 0.338. The van der Waals surface area contributed by atoms with Crippen molar-refractivity contribution in [3.05, 3.63) is 26.0 Å². The number of aromatic nitrogens is 6. The number of carbonyl (C=O) groups excluding carboxylic acids is 1. The van der Waals surface area contributed by atoms with Gasteiger partial charge in [-0.05, 0) is 24.4 Å². The molecule has 0 atom stereocenters. The first kappa shape index (κ1) is 15.7. The molecule has 0 saturated heterocycles. The van der Waals surface area contributed by atoms with Gasteiger partial charge in [-0.25, -0.2) is 9.67 Å². The molecular formula is C13H11ClN6O2S2. The molecular weight excluding hydrogens is 372 g/mol. The van der Waals surface area contributed by atoms with Crippen molar-refractivity contribution in [2.45, 2.75) is 30.5 Å². The molecule has 0 unspecified atom stereocenters. The second-order valence-corrected chi connectivity index (χ2v) is 7.99. The Hall–Kier alpha value is -1.78. The van der Waals surface area contributed by atoms with Gasteiger partial charge in [-0.15, -0.1) is 10.2 Å². The van der Waals surface area contributed by atoms with E-state index in [1.807, 2.05) is 0 Å². The Morgan fingerprint density at radius 3 is 3.00 bits per heavy atom. The van der Waals surface area contributed by atoms with Crippen molar-refractivity contribution in [1.82, 2.24) is 29.9 Å². The molecule has 4 rings (SSSR count). The number of halogens is 1. The second kappa shape index (κ2) is 6.26. The first-order valence-electron chi connectivity index (χ1n) is 7.20. The summed E-state index contributed by atoms with van der Waals surface area (Å²) in [5.74, 6) is 0.148. The molecule has 3 aromatic rings. The first-order chi connectivity index (χ1) is 11.6. The lowest BCUT2D eigenvalue weighted by molar-refractivity contribution is -0.116. The lowest BCUT2D eigenvalue weighted by atomic mass is 10.3. The fraction of sp³-hybridized carbons (Fsp3) is 0.385. The molecule has 0 bridgehead atoms. The number of nitrogens with zero attached hydrogens (tertiary/aromatic N) is 5. The second-order valence-electron chi connectivity index (χ2n) is 5.38. The predicted molar refractivity (Wildman–Crippen MR) is 90.8 cm³/mol. The van der Waals surface area contributed by atoms with Crippen molar-refractivity contribution >= 4 is 51.5 Å². The number of hydrogen-bond donors (Lipinski definition) is 1. The molecule has 1 aliphatic rings. The van der Waals surface area contributed by atoms with Crippen LogP contribution in [-0.2, 0) is 11.2 Å². The van der Waals surface area contributed by atoms with Crippen LogP contribution in [0.1, 0.15) is 23.9 Å². The number of Topliss-reactive ketones (excluding diaryl/α,β-unsaturated/α-hetero) is 1. The molecule has 1 N–H and O–H groups in total. The summed E-state index contributed by atoms with van der Waals surface area (Å²) in [6, 6.07) is 0.332.